The zero-order valence-electron chi connectivity index (χ0n) is 24.5. The number of nitrogens with zero attached hydrogens (tertiary/aromatic N) is 4. The van der Waals surface area contributed by atoms with E-state index in [0.29, 0.717) is 29.4 Å². The maximum absolute atomic E-state index is 13.8. The van der Waals surface area contributed by atoms with E-state index in [1.54, 1.807) is 38.6 Å². The Morgan fingerprint density at radius 1 is 0.897 bits per heavy atom. The maximum Gasteiger partial charge on any atom is 0.247 e. The molecule has 0 aliphatic carbocycles. The second-order valence-electron chi connectivity index (χ2n) is 10.4. The molecule has 3 rings (SSSR count). The van der Waals surface area contributed by atoms with Gasteiger partial charge in [0.05, 0.1) is 33.6 Å². The topological polar surface area (TPSA) is 88.0 Å². The van der Waals surface area contributed by atoms with E-state index in [-0.39, 0.29) is 5.91 Å². The Morgan fingerprint density at radius 3 is 2.05 bits per heavy atom. The van der Waals surface area contributed by atoms with E-state index in [1.165, 1.54) is 57.8 Å². The fourth-order valence-corrected chi connectivity index (χ4v) is 5.31. The van der Waals surface area contributed by atoms with E-state index in [2.05, 4.69) is 22.2 Å². The Labute approximate surface area is 234 Å². The first-order valence-electron chi connectivity index (χ1n) is 14.8. The van der Waals surface area contributed by atoms with Crippen LogP contribution in [0.15, 0.2) is 22.3 Å². The molecule has 0 saturated carbocycles. The highest BCUT2D eigenvalue weighted by molar-refractivity contribution is 6.16. The molecule has 1 atom stereocenters. The minimum Gasteiger partial charge on any atom is -0.496 e. The fraction of sp³-hybridized carbons (Fsp3) is 0.700. The van der Waals surface area contributed by atoms with Crippen LogP contribution in [0.25, 0.3) is 0 Å². The predicted molar refractivity (Wildman–Crippen MR) is 158 cm³/mol. The van der Waals surface area contributed by atoms with Gasteiger partial charge in [-0.05, 0) is 32.4 Å². The van der Waals surface area contributed by atoms with Gasteiger partial charge in [-0.25, -0.2) is 0 Å². The highest BCUT2D eigenvalue weighted by Gasteiger charge is 2.34. The summed E-state index contributed by atoms with van der Waals surface area (Å²) in [6, 6.07) is 3.00. The minimum absolute atomic E-state index is 0.147. The fourth-order valence-electron chi connectivity index (χ4n) is 5.31. The average Bonchev–Trinajstić information content (AvgIpc) is 3.48. The summed E-state index contributed by atoms with van der Waals surface area (Å²) in [6.07, 6.45) is 17.5. The van der Waals surface area contributed by atoms with Crippen molar-refractivity contribution in [2.45, 2.75) is 96.4 Å². The number of hydrazone groups is 2. The number of rotatable bonds is 18. The van der Waals surface area contributed by atoms with Crippen molar-refractivity contribution < 1.29 is 19.0 Å². The van der Waals surface area contributed by atoms with Gasteiger partial charge < -0.3 is 19.5 Å². The maximum atomic E-state index is 13.8. The van der Waals surface area contributed by atoms with E-state index in [9.17, 15) is 4.79 Å². The molecule has 218 valence electrons. The van der Waals surface area contributed by atoms with Gasteiger partial charge in [0.15, 0.2) is 0 Å². The van der Waals surface area contributed by atoms with Crippen molar-refractivity contribution in [2.75, 3.05) is 46.3 Å². The van der Waals surface area contributed by atoms with Crippen molar-refractivity contribution in [3.05, 3.63) is 12.1 Å². The van der Waals surface area contributed by atoms with E-state index in [1.807, 2.05) is 6.21 Å². The lowest BCUT2D eigenvalue weighted by Gasteiger charge is -2.30. The summed E-state index contributed by atoms with van der Waals surface area (Å²) in [5.41, 5.74) is 1.31. The summed E-state index contributed by atoms with van der Waals surface area (Å²) < 4.78 is 16.5. The number of likely N-dealkylation sites (tertiary alicyclic amines) is 1. The molecule has 2 aliphatic heterocycles. The Bertz CT molecular complexity index is 920. The largest absolute Gasteiger partial charge is 0.496 e. The predicted octanol–water partition coefficient (Wildman–Crippen LogP) is 6.08. The Morgan fingerprint density at radius 2 is 1.49 bits per heavy atom. The van der Waals surface area contributed by atoms with Crippen LogP contribution >= 0.6 is 0 Å². The number of carbonyl (C=O) groups is 1. The number of anilines is 1. The summed E-state index contributed by atoms with van der Waals surface area (Å²) in [7, 11) is 4.71. The first kappa shape index (κ1) is 30.7. The normalized spacial score (nSPS) is 16.2. The van der Waals surface area contributed by atoms with Crippen molar-refractivity contribution in [1.82, 2.24) is 10.0 Å². The molecule has 1 amide bonds. The molecule has 0 radical (unpaired) electrons. The summed E-state index contributed by atoms with van der Waals surface area (Å²) in [6.45, 7) is 4.76. The van der Waals surface area contributed by atoms with Gasteiger partial charge in [-0.1, -0.05) is 64.7 Å². The number of ether oxygens (including phenoxy) is 3. The van der Waals surface area contributed by atoms with Gasteiger partial charge in [-0.3, -0.25) is 9.69 Å². The van der Waals surface area contributed by atoms with Gasteiger partial charge in [0.1, 0.15) is 29.0 Å². The Hall–Kier alpha value is -2.81. The molecule has 0 bridgehead atoms. The average molecular weight is 544 g/mol. The molecule has 1 aromatic rings. The van der Waals surface area contributed by atoms with Gasteiger partial charge in [0.25, 0.3) is 0 Å². The first-order chi connectivity index (χ1) is 19.1. The molecule has 9 nitrogen and oxygen atoms in total. The second kappa shape index (κ2) is 17.0. The molecule has 9 heteroatoms. The third-order valence-corrected chi connectivity index (χ3v) is 7.50. The molecule has 39 heavy (non-hydrogen) atoms. The Balaban J connectivity index is 1.60. The molecule has 2 aliphatic rings. The summed E-state index contributed by atoms with van der Waals surface area (Å²) in [5.74, 6) is 1.41. The lowest BCUT2D eigenvalue weighted by Crippen LogP contribution is -2.49. The molecule has 2 heterocycles. The zero-order valence-corrected chi connectivity index (χ0v) is 24.5. The van der Waals surface area contributed by atoms with Crippen LogP contribution in [0.3, 0.4) is 0 Å². The molecular formula is C30H49N5O4. The summed E-state index contributed by atoms with van der Waals surface area (Å²) in [5, 5.41) is 14.2. The summed E-state index contributed by atoms with van der Waals surface area (Å²) >= 11 is 0. The SMILES string of the molecule is CCCCCCCCCCCCN1N=CCC(C(C(=O)Nc2c(OC)cc(OC)cc2OC)N2CCCC2)=N1. The highest BCUT2D eigenvalue weighted by atomic mass is 16.5. The lowest BCUT2D eigenvalue weighted by atomic mass is 10.1. The van der Waals surface area contributed by atoms with Crippen LogP contribution < -0.4 is 19.5 Å². The van der Waals surface area contributed by atoms with E-state index >= 15 is 0 Å². The van der Waals surface area contributed by atoms with Crippen molar-refractivity contribution in [1.29, 1.82) is 0 Å². The van der Waals surface area contributed by atoms with E-state index in [4.69, 9.17) is 19.3 Å². The molecular weight excluding hydrogens is 494 g/mol. The molecule has 1 saturated heterocycles. The summed E-state index contributed by atoms with van der Waals surface area (Å²) in [4.78, 5) is 16.0. The second-order valence-corrected chi connectivity index (χ2v) is 10.4. The van der Waals surface area contributed by atoms with Gasteiger partial charge in [0.2, 0.25) is 5.91 Å². The van der Waals surface area contributed by atoms with Crippen molar-refractivity contribution >= 4 is 23.5 Å². The van der Waals surface area contributed by atoms with Crippen LogP contribution in [0.2, 0.25) is 0 Å². The number of amides is 1. The number of benzene rings is 1. The first-order valence-corrected chi connectivity index (χ1v) is 14.8. The number of hydrogen-bond donors (Lipinski definition) is 1. The quantitative estimate of drug-likeness (QED) is 0.226. The van der Waals surface area contributed by atoms with Gasteiger partial charge in [-0.15, -0.1) is 0 Å². The van der Waals surface area contributed by atoms with Gasteiger partial charge in [0, 0.05) is 24.8 Å². The van der Waals surface area contributed by atoms with Crippen molar-refractivity contribution in [3.63, 3.8) is 0 Å². The van der Waals surface area contributed by atoms with Crippen molar-refractivity contribution in [2.24, 2.45) is 10.2 Å². The van der Waals surface area contributed by atoms with Crippen LogP contribution in [-0.4, -0.2) is 74.9 Å². The Kier molecular flexibility index (Phi) is 13.4. The molecule has 1 aromatic carbocycles. The van der Waals surface area contributed by atoms with Crippen molar-refractivity contribution in [3.8, 4) is 17.2 Å². The number of nitrogens with one attached hydrogen (secondary N) is 1. The zero-order chi connectivity index (χ0) is 27.9. The highest BCUT2D eigenvalue weighted by Crippen LogP contribution is 2.39. The third kappa shape index (κ3) is 9.41. The van der Waals surface area contributed by atoms with Crippen LogP contribution in [-0.2, 0) is 4.79 Å². The minimum atomic E-state index is -0.481. The third-order valence-electron chi connectivity index (χ3n) is 7.50. The number of hydrogen-bond acceptors (Lipinski definition) is 8. The molecule has 1 fully saturated rings. The van der Waals surface area contributed by atoms with Crippen LogP contribution in [0.4, 0.5) is 5.69 Å². The number of methoxy groups -OCH3 is 3. The number of carbonyl (C=O) groups excluding carboxylic acids is 1. The molecule has 0 aromatic heterocycles. The van der Waals surface area contributed by atoms with Crippen LogP contribution in [0.1, 0.15) is 90.4 Å². The lowest BCUT2D eigenvalue weighted by molar-refractivity contribution is -0.118. The smallest absolute Gasteiger partial charge is 0.247 e. The monoisotopic (exact) mass is 543 g/mol. The molecule has 1 N–H and O–H groups in total. The molecule has 1 unspecified atom stereocenters. The molecule has 0 spiro atoms. The van der Waals surface area contributed by atoms with E-state index < -0.39 is 6.04 Å². The standard InChI is InChI=1S/C30H49N5O4/c1-5-6-7-8-9-10-11-12-13-14-21-35-31-18-17-25(33-35)29(34-19-15-16-20-34)30(36)32-28-26(38-3)22-24(37-2)23-27(28)39-4/h18,22-23,29H,5-17,19-21H2,1-4H3,(H,32,36). The van der Waals surface area contributed by atoms with Gasteiger partial charge >= 0.3 is 0 Å². The van der Waals surface area contributed by atoms with E-state index in [0.717, 1.165) is 44.6 Å². The van der Waals surface area contributed by atoms with Crippen LogP contribution in [0.5, 0.6) is 17.2 Å². The van der Waals surface area contributed by atoms with Gasteiger partial charge in [-0.2, -0.15) is 15.3 Å². The number of unbranched alkanes of at least 4 members (excludes halogenated alkanes) is 9. The van der Waals surface area contributed by atoms with Crippen LogP contribution in [0, 0.1) is 0 Å².